The number of amides is 2. The Hall–Kier alpha value is -1.56. The van der Waals surface area contributed by atoms with Crippen LogP contribution in [0.15, 0.2) is 22.7 Å². The second-order valence-corrected chi connectivity index (χ2v) is 6.95. The van der Waals surface area contributed by atoms with Crippen molar-refractivity contribution >= 4 is 33.6 Å². The third-order valence-electron chi connectivity index (χ3n) is 3.95. The Morgan fingerprint density at radius 2 is 1.76 bits per heavy atom. The van der Waals surface area contributed by atoms with E-state index in [1.54, 1.807) is 39.8 Å². The first-order chi connectivity index (χ1) is 9.47. The van der Waals surface area contributed by atoms with E-state index < -0.39 is 23.0 Å². The van der Waals surface area contributed by atoms with E-state index >= 15 is 0 Å². The van der Waals surface area contributed by atoms with E-state index in [-0.39, 0.29) is 0 Å². The van der Waals surface area contributed by atoms with Gasteiger partial charge in [0.1, 0.15) is 0 Å². The highest BCUT2D eigenvalue weighted by atomic mass is 79.9. The molecule has 0 aliphatic carbocycles. The van der Waals surface area contributed by atoms with Crippen molar-refractivity contribution in [1.82, 2.24) is 5.32 Å². The number of anilines is 1. The number of carboxylic acids is 1. The molecule has 2 amide bonds. The van der Waals surface area contributed by atoms with E-state index in [4.69, 9.17) is 0 Å². The molecule has 0 aliphatic heterocycles. The normalized spacial score (nSPS) is 11.9. The van der Waals surface area contributed by atoms with Crippen molar-refractivity contribution < 1.29 is 14.7 Å². The minimum absolute atomic E-state index is 0.440. The predicted octanol–water partition coefficient (Wildman–Crippen LogP) is 3.77. The number of benzene rings is 1. The van der Waals surface area contributed by atoms with Crippen LogP contribution in [-0.4, -0.2) is 22.6 Å². The molecule has 0 saturated carbocycles. The van der Waals surface area contributed by atoms with Crippen LogP contribution in [0.3, 0.4) is 0 Å². The van der Waals surface area contributed by atoms with Crippen molar-refractivity contribution in [2.24, 2.45) is 5.41 Å². The second-order valence-electron chi connectivity index (χ2n) is 6.10. The number of aliphatic carboxylic acids is 1. The average molecular weight is 357 g/mol. The second kappa shape index (κ2) is 6.05. The topological polar surface area (TPSA) is 78.4 Å². The fraction of sp³-hybridized carbons (Fsp3) is 0.467. The Balaban J connectivity index is 2.81. The van der Waals surface area contributed by atoms with Gasteiger partial charge in [0.15, 0.2) is 0 Å². The van der Waals surface area contributed by atoms with Crippen molar-refractivity contribution in [3.05, 3.63) is 28.2 Å². The number of nitrogens with one attached hydrogen (secondary N) is 2. The number of rotatable bonds is 4. The maximum Gasteiger partial charge on any atom is 0.319 e. The average Bonchev–Trinajstić information content (AvgIpc) is 2.32. The van der Waals surface area contributed by atoms with Crippen molar-refractivity contribution in [2.75, 3.05) is 5.32 Å². The molecule has 0 spiro atoms. The summed E-state index contributed by atoms with van der Waals surface area (Å²) >= 11 is 3.40. The van der Waals surface area contributed by atoms with Gasteiger partial charge in [0.05, 0.1) is 11.0 Å². The van der Waals surface area contributed by atoms with E-state index in [0.29, 0.717) is 5.69 Å². The van der Waals surface area contributed by atoms with Gasteiger partial charge in [-0.3, -0.25) is 4.79 Å². The summed E-state index contributed by atoms with van der Waals surface area (Å²) in [6, 6.07) is 5.02. The highest BCUT2D eigenvalue weighted by Gasteiger charge is 2.44. The van der Waals surface area contributed by atoms with Gasteiger partial charge in [0.25, 0.3) is 0 Å². The molecule has 0 fully saturated rings. The fourth-order valence-corrected chi connectivity index (χ4v) is 1.92. The van der Waals surface area contributed by atoms with Crippen molar-refractivity contribution in [2.45, 2.75) is 40.2 Å². The Labute approximate surface area is 133 Å². The molecule has 116 valence electrons. The minimum Gasteiger partial charge on any atom is -0.481 e. The van der Waals surface area contributed by atoms with Gasteiger partial charge in [-0.05, 0) is 52.3 Å². The van der Waals surface area contributed by atoms with Gasteiger partial charge in [-0.15, -0.1) is 0 Å². The first-order valence-corrected chi connectivity index (χ1v) is 7.35. The van der Waals surface area contributed by atoms with Gasteiger partial charge in [-0.2, -0.15) is 0 Å². The largest absolute Gasteiger partial charge is 0.481 e. The van der Waals surface area contributed by atoms with E-state index in [9.17, 15) is 14.7 Å². The Kier molecular flexibility index (Phi) is 5.04. The minimum atomic E-state index is -1.10. The summed E-state index contributed by atoms with van der Waals surface area (Å²) in [5.41, 5.74) is -0.314. The molecule has 3 N–H and O–H groups in total. The lowest BCUT2D eigenvalue weighted by atomic mass is 9.74. The molecular weight excluding hydrogens is 336 g/mol. The lowest BCUT2D eigenvalue weighted by Crippen LogP contribution is -2.57. The molecule has 1 aromatic rings. The van der Waals surface area contributed by atoms with Crippen LogP contribution < -0.4 is 10.6 Å². The maximum atomic E-state index is 12.1. The molecule has 0 radical (unpaired) electrons. The number of carbonyl (C=O) groups is 2. The van der Waals surface area contributed by atoms with Gasteiger partial charge in [0.2, 0.25) is 0 Å². The summed E-state index contributed by atoms with van der Waals surface area (Å²) in [5.74, 6) is -0.967. The lowest BCUT2D eigenvalue weighted by Gasteiger charge is -2.38. The molecule has 1 aromatic carbocycles. The molecule has 0 atom stereocenters. The number of carboxylic acid groups (broad SMARTS) is 1. The monoisotopic (exact) mass is 356 g/mol. The zero-order chi connectivity index (χ0) is 16.4. The number of carbonyl (C=O) groups excluding carboxylic acids is 1. The van der Waals surface area contributed by atoms with Crippen LogP contribution in [0, 0.1) is 12.3 Å². The highest BCUT2D eigenvalue weighted by Crippen LogP contribution is 2.30. The zero-order valence-electron chi connectivity index (χ0n) is 12.9. The van der Waals surface area contributed by atoms with Crippen molar-refractivity contribution in [3.63, 3.8) is 0 Å². The molecule has 21 heavy (non-hydrogen) atoms. The molecule has 0 saturated heterocycles. The molecule has 0 heterocycles. The van der Waals surface area contributed by atoms with Crippen LogP contribution >= 0.6 is 15.9 Å². The summed E-state index contributed by atoms with van der Waals surface area (Å²) in [7, 11) is 0. The summed E-state index contributed by atoms with van der Waals surface area (Å²) in [6.45, 7) is 8.49. The molecule has 0 bridgehead atoms. The molecule has 0 unspecified atom stereocenters. The summed E-state index contributed by atoms with van der Waals surface area (Å²) in [5, 5.41) is 14.7. The number of urea groups is 1. The lowest BCUT2D eigenvalue weighted by molar-refractivity contribution is -0.150. The highest BCUT2D eigenvalue weighted by molar-refractivity contribution is 9.10. The van der Waals surface area contributed by atoms with Crippen molar-refractivity contribution in [3.8, 4) is 0 Å². The number of hydrogen-bond acceptors (Lipinski definition) is 2. The van der Waals surface area contributed by atoms with Crippen LogP contribution in [0.1, 0.15) is 33.3 Å². The quantitative estimate of drug-likeness (QED) is 0.768. The Bertz CT molecular complexity index is 568. The van der Waals surface area contributed by atoms with E-state index in [0.717, 1.165) is 10.0 Å². The van der Waals surface area contributed by atoms with Gasteiger partial charge in [-0.25, -0.2) is 4.79 Å². The third kappa shape index (κ3) is 3.97. The van der Waals surface area contributed by atoms with E-state index in [2.05, 4.69) is 26.6 Å². The van der Waals surface area contributed by atoms with Gasteiger partial charge < -0.3 is 15.7 Å². The first kappa shape index (κ1) is 17.5. The number of hydrogen-bond donors (Lipinski definition) is 3. The van der Waals surface area contributed by atoms with Crippen LogP contribution in [0.4, 0.5) is 10.5 Å². The SMILES string of the molecule is Cc1ccc(NC(=O)NC(C)(C)C(C)(C)C(=O)O)cc1Br. The number of aryl methyl sites for hydroxylation is 1. The third-order valence-corrected chi connectivity index (χ3v) is 4.81. The van der Waals surface area contributed by atoms with Crippen LogP contribution in [0.25, 0.3) is 0 Å². The molecular formula is C15H21BrN2O3. The molecule has 5 nitrogen and oxygen atoms in total. The number of halogens is 1. The molecule has 1 rings (SSSR count). The maximum absolute atomic E-state index is 12.1. The predicted molar refractivity (Wildman–Crippen MR) is 86.5 cm³/mol. The van der Waals surface area contributed by atoms with E-state index in [1.807, 2.05) is 13.0 Å². The summed E-state index contributed by atoms with van der Waals surface area (Å²) in [4.78, 5) is 23.4. The van der Waals surface area contributed by atoms with Gasteiger partial charge in [-0.1, -0.05) is 22.0 Å². The Morgan fingerprint density at radius 1 is 1.19 bits per heavy atom. The van der Waals surface area contributed by atoms with Crippen LogP contribution in [0.2, 0.25) is 0 Å². The van der Waals surface area contributed by atoms with Crippen molar-refractivity contribution in [1.29, 1.82) is 0 Å². The van der Waals surface area contributed by atoms with Crippen LogP contribution in [0.5, 0.6) is 0 Å². The molecule has 6 heteroatoms. The van der Waals surface area contributed by atoms with Gasteiger partial charge >= 0.3 is 12.0 Å². The first-order valence-electron chi connectivity index (χ1n) is 6.56. The molecule has 0 aromatic heterocycles. The smallest absolute Gasteiger partial charge is 0.319 e. The summed E-state index contributed by atoms with van der Waals surface area (Å²) < 4.78 is 0.894. The molecule has 0 aliphatic rings. The Morgan fingerprint density at radius 3 is 2.24 bits per heavy atom. The summed E-state index contributed by atoms with van der Waals surface area (Å²) in [6.07, 6.45) is 0. The van der Waals surface area contributed by atoms with Crippen LogP contribution in [-0.2, 0) is 4.79 Å². The fourth-order valence-electron chi connectivity index (χ4n) is 1.54. The van der Waals surface area contributed by atoms with Gasteiger partial charge in [0, 0.05) is 10.2 Å². The van der Waals surface area contributed by atoms with E-state index in [1.165, 1.54) is 0 Å². The standard InChI is InChI=1S/C15H21BrN2O3/c1-9-6-7-10(8-11(9)16)17-13(21)18-15(4,5)14(2,3)12(19)20/h6-8H,1-5H3,(H,19,20)(H2,17,18,21). The zero-order valence-corrected chi connectivity index (χ0v) is 14.5.